The van der Waals surface area contributed by atoms with Crippen LogP contribution in [0.5, 0.6) is 5.75 Å². The normalized spacial score (nSPS) is 19.1. The Morgan fingerprint density at radius 2 is 1.89 bits per heavy atom. The Kier molecular flexibility index (Phi) is 7.64. The van der Waals surface area contributed by atoms with Gasteiger partial charge in [-0.1, -0.05) is 0 Å². The molecule has 2 atom stereocenters. The van der Waals surface area contributed by atoms with Gasteiger partial charge in [-0.25, -0.2) is 27.9 Å². The van der Waals surface area contributed by atoms with Crippen LogP contribution >= 0.6 is 0 Å². The van der Waals surface area contributed by atoms with Crippen LogP contribution in [0.4, 0.5) is 18.0 Å². The third-order valence-corrected chi connectivity index (χ3v) is 8.45. The number of nitrogens with zero attached hydrogens (tertiary/aromatic N) is 5. The number of hydrogen-bond acceptors (Lipinski definition) is 6. The number of pyridine rings is 1. The number of aryl methyl sites for hydroxylation is 1. The van der Waals surface area contributed by atoms with Crippen molar-refractivity contribution in [1.82, 2.24) is 29.3 Å². The number of aliphatic hydroxyl groups is 1. The highest BCUT2D eigenvalue weighted by Gasteiger charge is 2.34. The summed E-state index contributed by atoms with van der Waals surface area (Å²) < 4.78 is 51.2. The number of rotatable bonds is 9. The van der Waals surface area contributed by atoms with E-state index in [4.69, 9.17) is 14.8 Å². The second-order valence-corrected chi connectivity index (χ2v) is 11.7. The SMILES string of the molecule is COc1cc(C(=O)N2C[C@H](F)C[C@@H](NC(=O)O)C2)cc2nc(-c3cc4ccc(C(O)(CF)CF)nc4n3CC3CC3)n(C)c12. The van der Waals surface area contributed by atoms with Gasteiger partial charge in [-0.05, 0) is 49.1 Å². The van der Waals surface area contributed by atoms with Crippen LogP contribution in [-0.2, 0) is 19.2 Å². The molecule has 11 nitrogen and oxygen atoms in total. The van der Waals surface area contributed by atoms with E-state index in [-0.39, 0.29) is 30.8 Å². The number of piperidine rings is 1. The third-order valence-electron chi connectivity index (χ3n) is 8.45. The van der Waals surface area contributed by atoms with Crippen molar-refractivity contribution in [2.45, 2.75) is 43.6 Å². The molecule has 0 spiro atoms. The molecule has 1 aliphatic heterocycles. The Hall–Kier alpha value is -4.33. The van der Waals surface area contributed by atoms with Crippen LogP contribution in [0.25, 0.3) is 33.6 Å². The summed E-state index contributed by atoms with van der Waals surface area (Å²) in [4.78, 5) is 35.3. The molecule has 2 fully saturated rings. The third kappa shape index (κ3) is 5.31. The first kappa shape index (κ1) is 29.7. The highest BCUT2D eigenvalue weighted by molar-refractivity contribution is 6.00. The van der Waals surface area contributed by atoms with Gasteiger partial charge in [0.2, 0.25) is 0 Å². The number of imidazole rings is 1. The van der Waals surface area contributed by atoms with Crippen LogP contribution in [-0.4, -0.2) is 92.0 Å². The van der Waals surface area contributed by atoms with Gasteiger partial charge in [0, 0.05) is 37.5 Å². The maximum atomic E-state index is 14.5. The molecule has 4 heterocycles. The number of aromatic nitrogens is 4. The number of halogens is 3. The molecule has 0 bridgehead atoms. The van der Waals surface area contributed by atoms with Crippen LogP contribution < -0.4 is 10.1 Å². The number of likely N-dealkylation sites (tertiary alicyclic amines) is 1. The summed E-state index contributed by atoms with van der Waals surface area (Å²) >= 11 is 0. The molecule has 14 heteroatoms. The van der Waals surface area contributed by atoms with E-state index in [1.54, 1.807) is 25.2 Å². The molecule has 0 radical (unpaired) electrons. The Morgan fingerprint density at radius 1 is 1.14 bits per heavy atom. The predicted molar refractivity (Wildman–Crippen MR) is 155 cm³/mol. The predicted octanol–water partition coefficient (Wildman–Crippen LogP) is 3.96. The lowest BCUT2D eigenvalue weighted by molar-refractivity contribution is -0.0146. The van der Waals surface area contributed by atoms with Gasteiger partial charge in [-0.2, -0.15) is 0 Å². The smallest absolute Gasteiger partial charge is 0.404 e. The number of carbonyl (C=O) groups excluding carboxylic acids is 1. The number of alkyl halides is 3. The lowest BCUT2D eigenvalue weighted by Crippen LogP contribution is -2.53. The summed E-state index contributed by atoms with van der Waals surface area (Å²) in [6, 6.07) is 7.38. The Balaban J connectivity index is 1.43. The zero-order valence-electron chi connectivity index (χ0n) is 24.3. The number of fused-ring (bicyclic) bond motifs is 2. The number of methoxy groups -OCH3 is 1. The average molecular weight is 615 g/mol. The number of carboxylic acid groups (broad SMARTS) is 1. The fourth-order valence-corrected chi connectivity index (χ4v) is 5.97. The fourth-order valence-electron chi connectivity index (χ4n) is 5.97. The van der Waals surface area contributed by atoms with Gasteiger partial charge in [0.25, 0.3) is 5.91 Å². The lowest BCUT2D eigenvalue weighted by Gasteiger charge is -2.34. The standard InChI is InChI=1S/C30H33F3N6O5/c1-37-25-21(7-18(9-23(25)44-2)28(40)38-12-19(33)10-20(13-38)34-29(41)42)35-27(37)22-8-17-5-6-24(30(43,14-31)15-32)36-26(17)39(22)11-16-3-4-16/h5-9,16,19-20,34,43H,3-4,10-15H2,1-2H3,(H,41,42)/t19-,20-/m1/s1. The quantitative estimate of drug-likeness (QED) is 0.260. The van der Waals surface area contributed by atoms with E-state index in [0.29, 0.717) is 51.8 Å². The largest absolute Gasteiger partial charge is 0.494 e. The topological polar surface area (TPSA) is 135 Å². The molecule has 0 unspecified atom stereocenters. The molecule has 6 rings (SSSR count). The van der Waals surface area contributed by atoms with Crippen molar-refractivity contribution in [3.8, 4) is 17.3 Å². The molecule has 4 aromatic rings. The van der Waals surface area contributed by atoms with Crippen molar-refractivity contribution >= 4 is 34.1 Å². The van der Waals surface area contributed by atoms with Crippen molar-refractivity contribution in [1.29, 1.82) is 0 Å². The van der Waals surface area contributed by atoms with Crippen molar-refractivity contribution < 1.29 is 37.7 Å². The van der Waals surface area contributed by atoms with Crippen molar-refractivity contribution in [2.75, 3.05) is 33.5 Å². The summed E-state index contributed by atoms with van der Waals surface area (Å²) in [7, 11) is 3.27. The van der Waals surface area contributed by atoms with Gasteiger partial charge in [0.05, 0.1) is 36.6 Å². The second-order valence-electron chi connectivity index (χ2n) is 11.7. The number of hydrogen-bond donors (Lipinski definition) is 3. The van der Waals surface area contributed by atoms with E-state index in [1.165, 1.54) is 18.1 Å². The minimum Gasteiger partial charge on any atom is -0.494 e. The van der Waals surface area contributed by atoms with Gasteiger partial charge in [0.15, 0.2) is 11.4 Å². The number of nitrogens with one attached hydrogen (secondary N) is 1. The van der Waals surface area contributed by atoms with Crippen molar-refractivity contribution in [3.63, 3.8) is 0 Å². The van der Waals surface area contributed by atoms with E-state index >= 15 is 0 Å². The van der Waals surface area contributed by atoms with Gasteiger partial charge in [-0.15, -0.1) is 0 Å². The van der Waals surface area contributed by atoms with Gasteiger partial charge in [-0.3, -0.25) is 4.79 Å². The number of ether oxygens (including phenoxy) is 1. The van der Waals surface area contributed by atoms with Crippen molar-refractivity contribution in [2.24, 2.45) is 13.0 Å². The molecular weight excluding hydrogens is 581 g/mol. The average Bonchev–Trinajstić information content (AvgIpc) is 3.68. The Bertz CT molecular complexity index is 1750. The van der Waals surface area contributed by atoms with Crippen LogP contribution in [0.1, 0.15) is 35.3 Å². The van der Waals surface area contributed by atoms with E-state index < -0.39 is 43.2 Å². The molecule has 44 heavy (non-hydrogen) atoms. The highest BCUT2D eigenvalue weighted by atomic mass is 19.1. The lowest BCUT2D eigenvalue weighted by atomic mass is 10.0. The number of benzene rings is 1. The number of carbonyl (C=O) groups is 2. The molecular formula is C30H33F3N6O5. The number of amides is 2. The molecule has 1 aliphatic carbocycles. The van der Waals surface area contributed by atoms with E-state index in [9.17, 15) is 27.9 Å². The minimum atomic E-state index is -2.34. The van der Waals surface area contributed by atoms with E-state index in [2.05, 4.69) is 10.3 Å². The molecule has 2 amide bonds. The van der Waals surface area contributed by atoms with Crippen LogP contribution in [0.3, 0.4) is 0 Å². The molecule has 3 N–H and O–H groups in total. The summed E-state index contributed by atoms with van der Waals surface area (Å²) in [5.74, 6) is 0.807. The molecule has 1 saturated heterocycles. The zero-order valence-corrected chi connectivity index (χ0v) is 24.3. The van der Waals surface area contributed by atoms with Crippen molar-refractivity contribution in [3.05, 3.63) is 41.6 Å². The summed E-state index contributed by atoms with van der Waals surface area (Å²) in [5.41, 5.74) is -0.0161. The first-order valence-corrected chi connectivity index (χ1v) is 14.4. The van der Waals surface area contributed by atoms with Crippen LogP contribution in [0, 0.1) is 5.92 Å². The molecule has 2 aliphatic rings. The zero-order chi connectivity index (χ0) is 31.3. The summed E-state index contributed by atoms with van der Waals surface area (Å²) in [5, 5.41) is 22.5. The molecule has 1 aromatic carbocycles. The van der Waals surface area contributed by atoms with Crippen LogP contribution in [0.15, 0.2) is 30.3 Å². The maximum Gasteiger partial charge on any atom is 0.404 e. The molecule has 234 valence electrons. The summed E-state index contributed by atoms with van der Waals surface area (Å²) in [6.07, 6.45) is -0.637. The minimum absolute atomic E-state index is 0.0198. The Morgan fingerprint density at radius 3 is 2.55 bits per heavy atom. The maximum absolute atomic E-state index is 14.5. The summed E-state index contributed by atoms with van der Waals surface area (Å²) in [6.45, 7) is -2.18. The molecule has 1 saturated carbocycles. The van der Waals surface area contributed by atoms with E-state index in [1.807, 2.05) is 15.2 Å². The molecule has 3 aromatic heterocycles. The van der Waals surface area contributed by atoms with E-state index in [0.717, 1.165) is 12.8 Å². The van der Waals surface area contributed by atoms with Gasteiger partial charge < -0.3 is 34.3 Å². The Labute approximate surface area is 250 Å². The van der Waals surface area contributed by atoms with Gasteiger partial charge >= 0.3 is 6.09 Å². The monoisotopic (exact) mass is 614 g/mol. The fraction of sp³-hybridized carbons (Fsp3) is 0.467. The first-order valence-electron chi connectivity index (χ1n) is 14.4. The van der Waals surface area contributed by atoms with Gasteiger partial charge in [0.1, 0.15) is 36.4 Å². The first-order chi connectivity index (χ1) is 21.0. The van der Waals surface area contributed by atoms with Crippen LogP contribution in [0.2, 0.25) is 0 Å². The second kappa shape index (κ2) is 11.3. The highest BCUT2D eigenvalue weighted by Crippen LogP contribution is 2.38.